The maximum absolute atomic E-state index is 13.0. The topological polar surface area (TPSA) is 75.9 Å². The summed E-state index contributed by atoms with van der Waals surface area (Å²) in [5.74, 6) is 0.639. The summed E-state index contributed by atoms with van der Waals surface area (Å²) in [6.45, 7) is 4.04. The zero-order valence-corrected chi connectivity index (χ0v) is 16.3. The molecule has 0 bridgehead atoms. The third kappa shape index (κ3) is 3.24. The molecule has 0 saturated carbocycles. The number of nitrogens with one attached hydrogen (secondary N) is 1. The van der Waals surface area contributed by atoms with Crippen LogP contribution in [0.25, 0.3) is 11.4 Å². The minimum atomic E-state index is -0.141. The van der Waals surface area contributed by atoms with E-state index in [-0.39, 0.29) is 18.1 Å². The molecule has 1 heterocycles. The van der Waals surface area contributed by atoms with Crippen molar-refractivity contribution in [2.24, 2.45) is 0 Å². The Morgan fingerprint density at radius 3 is 2.75 bits per heavy atom. The Labute approximate surface area is 164 Å². The molecule has 0 fully saturated rings. The van der Waals surface area contributed by atoms with Crippen LogP contribution in [-0.4, -0.2) is 38.2 Å². The van der Waals surface area contributed by atoms with E-state index in [4.69, 9.17) is 0 Å². The van der Waals surface area contributed by atoms with Crippen molar-refractivity contribution in [3.63, 3.8) is 0 Å². The molecule has 0 aliphatic heterocycles. The van der Waals surface area contributed by atoms with Gasteiger partial charge < -0.3 is 10.2 Å². The smallest absolute Gasteiger partial charge is 0.321 e. The molecule has 1 N–H and O–H groups in total. The van der Waals surface area contributed by atoms with E-state index in [2.05, 4.69) is 39.0 Å². The van der Waals surface area contributed by atoms with Gasteiger partial charge in [-0.15, -0.1) is 5.10 Å². The molecule has 1 aliphatic carbocycles. The van der Waals surface area contributed by atoms with Crippen molar-refractivity contribution in [2.45, 2.75) is 38.8 Å². The average Bonchev–Trinajstić information content (AvgIpc) is 3.35. The van der Waals surface area contributed by atoms with Gasteiger partial charge >= 0.3 is 6.03 Å². The van der Waals surface area contributed by atoms with Crippen molar-refractivity contribution < 1.29 is 4.79 Å². The highest BCUT2D eigenvalue weighted by molar-refractivity contribution is 5.93. The van der Waals surface area contributed by atoms with Crippen LogP contribution in [0.15, 0.2) is 48.5 Å². The first-order valence-corrected chi connectivity index (χ1v) is 9.55. The SMILES string of the molecule is CC(C)n1nnnc1-c1ccccc1NC(=O)N(C)C1CCc2ccccc21. The van der Waals surface area contributed by atoms with Crippen molar-refractivity contribution in [1.29, 1.82) is 0 Å². The number of carbonyl (C=O) groups excluding carboxylic acids is 1. The third-order valence-electron chi connectivity index (χ3n) is 5.28. The summed E-state index contributed by atoms with van der Waals surface area (Å²) in [6, 6.07) is 16.0. The Morgan fingerprint density at radius 2 is 1.93 bits per heavy atom. The molecule has 2 amide bonds. The van der Waals surface area contributed by atoms with E-state index in [9.17, 15) is 4.79 Å². The van der Waals surface area contributed by atoms with Gasteiger partial charge in [0.2, 0.25) is 0 Å². The van der Waals surface area contributed by atoms with Gasteiger partial charge in [-0.05, 0) is 60.4 Å². The van der Waals surface area contributed by atoms with Crippen LogP contribution in [0.1, 0.15) is 43.5 Å². The fraction of sp³-hybridized carbons (Fsp3) is 0.333. The van der Waals surface area contributed by atoms with E-state index in [0.29, 0.717) is 11.5 Å². The Bertz CT molecular complexity index is 996. The number of para-hydroxylation sites is 1. The lowest BCUT2D eigenvalue weighted by molar-refractivity contribution is 0.204. The van der Waals surface area contributed by atoms with Gasteiger partial charge in [0, 0.05) is 12.6 Å². The quantitative estimate of drug-likeness (QED) is 0.745. The molecule has 0 saturated heterocycles. The van der Waals surface area contributed by atoms with Crippen LogP contribution >= 0.6 is 0 Å². The van der Waals surface area contributed by atoms with Gasteiger partial charge in [0.05, 0.1) is 17.8 Å². The first-order valence-electron chi connectivity index (χ1n) is 9.55. The van der Waals surface area contributed by atoms with E-state index in [0.717, 1.165) is 18.4 Å². The monoisotopic (exact) mass is 376 g/mol. The number of rotatable bonds is 4. The normalized spacial score (nSPS) is 15.5. The maximum atomic E-state index is 13.0. The number of hydrogen-bond acceptors (Lipinski definition) is 4. The summed E-state index contributed by atoms with van der Waals surface area (Å²) in [4.78, 5) is 14.8. The standard InChI is InChI=1S/C21H24N6O/c1-14(2)27-20(23-24-25-27)17-10-6-7-11-18(17)22-21(28)26(3)19-13-12-15-8-4-5-9-16(15)19/h4-11,14,19H,12-13H2,1-3H3,(H,22,28). The van der Waals surface area contributed by atoms with E-state index in [1.54, 1.807) is 9.58 Å². The largest absolute Gasteiger partial charge is 0.322 e. The van der Waals surface area contributed by atoms with Crippen molar-refractivity contribution in [1.82, 2.24) is 25.1 Å². The molecule has 2 aromatic carbocycles. The highest BCUT2D eigenvalue weighted by Crippen LogP contribution is 2.35. The molecular formula is C21H24N6O. The van der Waals surface area contributed by atoms with Crippen molar-refractivity contribution in [3.05, 3.63) is 59.7 Å². The molecule has 3 aromatic rings. The number of tetrazole rings is 1. The first kappa shape index (κ1) is 18.2. The highest BCUT2D eigenvalue weighted by Gasteiger charge is 2.28. The second-order valence-electron chi connectivity index (χ2n) is 7.38. The summed E-state index contributed by atoms with van der Waals surface area (Å²) in [5.41, 5.74) is 4.05. The van der Waals surface area contributed by atoms with E-state index >= 15 is 0 Å². The number of carbonyl (C=O) groups is 1. The Morgan fingerprint density at radius 1 is 1.18 bits per heavy atom. The van der Waals surface area contributed by atoms with Crippen LogP contribution in [0.4, 0.5) is 10.5 Å². The predicted octanol–water partition coefficient (Wildman–Crippen LogP) is 4.07. The molecule has 0 radical (unpaired) electrons. The summed E-state index contributed by atoms with van der Waals surface area (Å²) >= 11 is 0. The molecule has 1 unspecified atom stereocenters. The molecule has 28 heavy (non-hydrogen) atoms. The number of urea groups is 1. The lowest BCUT2D eigenvalue weighted by Gasteiger charge is -2.26. The second kappa shape index (κ2) is 7.42. The number of aromatic nitrogens is 4. The Kier molecular flexibility index (Phi) is 4.81. The average molecular weight is 376 g/mol. The molecule has 144 valence electrons. The van der Waals surface area contributed by atoms with Crippen molar-refractivity contribution in [2.75, 3.05) is 12.4 Å². The van der Waals surface area contributed by atoms with Gasteiger partial charge in [0.25, 0.3) is 0 Å². The number of anilines is 1. The van der Waals surface area contributed by atoms with Gasteiger partial charge in [0.1, 0.15) is 0 Å². The van der Waals surface area contributed by atoms with Crippen LogP contribution in [0.2, 0.25) is 0 Å². The van der Waals surface area contributed by atoms with Crippen LogP contribution in [0.3, 0.4) is 0 Å². The number of amides is 2. The summed E-state index contributed by atoms with van der Waals surface area (Å²) in [7, 11) is 1.85. The number of fused-ring (bicyclic) bond motifs is 1. The van der Waals surface area contributed by atoms with Crippen LogP contribution in [0.5, 0.6) is 0 Å². The van der Waals surface area contributed by atoms with Gasteiger partial charge in [-0.1, -0.05) is 36.4 Å². The lowest BCUT2D eigenvalue weighted by atomic mass is 10.1. The summed E-state index contributed by atoms with van der Waals surface area (Å²) in [5, 5.41) is 15.1. The fourth-order valence-corrected chi connectivity index (χ4v) is 3.79. The molecule has 7 heteroatoms. The van der Waals surface area contributed by atoms with Gasteiger partial charge in [-0.25, -0.2) is 9.48 Å². The Hall–Kier alpha value is -3.22. The van der Waals surface area contributed by atoms with Gasteiger partial charge in [-0.3, -0.25) is 0 Å². The van der Waals surface area contributed by atoms with Crippen LogP contribution < -0.4 is 5.32 Å². The third-order valence-corrected chi connectivity index (χ3v) is 5.28. The number of hydrogen-bond donors (Lipinski definition) is 1. The zero-order valence-electron chi connectivity index (χ0n) is 16.3. The molecule has 1 aliphatic rings. The van der Waals surface area contributed by atoms with Gasteiger partial charge in [-0.2, -0.15) is 0 Å². The Balaban J connectivity index is 1.58. The first-order chi connectivity index (χ1) is 13.6. The van der Waals surface area contributed by atoms with Crippen LogP contribution in [-0.2, 0) is 6.42 Å². The minimum Gasteiger partial charge on any atom is -0.321 e. The molecular weight excluding hydrogens is 352 g/mol. The molecule has 7 nitrogen and oxygen atoms in total. The summed E-state index contributed by atoms with van der Waals surface area (Å²) in [6.07, 6.45) is 1.94. The number of benzene rings is 2. The highest BCUT2D eigenvalue weighted by atomic mass is 16.2. The predicted molar refractivity (Wildman–Crippen MR) is 108 cm³/mol. The minimum absolute atomic E-state index is 0.0874. The van der Waals surface area contributed by atoms with Gasteiger partial charge in [0.15, 0.2) is 5.82 Å². The maximum Gasteiger partial charge on any atom is 0.322 e. The fourth-order valence-electron chi connectivity index (χ4n) is 3.79. The van der Waals surface area contributed by atoms with E-state index in [1.807, 2.05) is 51.2 Å². The molecule has 1 aromatic heterocycles. The lowest BCUT2D eigenvalue weighted by Crippen LogP contribution is -2.34. The zero-order chi connectivity index (χ0) is 19.7. The second-order valence-corrected chi connectivity index (χ2v) is 7.38. The van der Waals surface area contributed by atoms with E-state index in [1.165, 1.54) is 11.1 Å². The summed E-state index contributed by atoms with van der Waals surface area (Å²) < 4.78 is 1.75. The molecule has 0 spiro atoms. The molecule has 4 rings (SSSR count). The van der Waals surface area contributed by atoms with Crippen molar-refractivity contribution >= 4 is 11.7 Å². The number of nitrogens with zero attached hydrogens (tertiary/aromatic N) is 5. The van der Waals surface area contributed by atoms with Crippen molar-refractivity contribution in [3.8, 4) is 11.4 Å². The van der Waals surface area contributed by atoms with Crippen LogP contribution in [0, 0.1) is 0 Å². The number of aryl methyl sites for hydroxylation is 1. The molecule has 1 atom stereocenters. The van der Waals surface area contributed by atoms with E-state index < -0.39 is 0 Å².